The van der Waals surface area contributed by atoms with E-state index in [0.29, 0.717) is 73.3 Å². The van der Waals surface area contributed by atoms with Gasteiger partial charge in [0.25, 0.3) is 0 Å². The first-order chi connectivity index (χ1) is 29.9. The summed E-state index contributed by atoms with van der Waals surface area (Å²) in [4.78, 5) is 0. The Morgan fingerprint density at radius 1 is 0.419 bits per heavy atom. The van der Waals surface area contributed by atoms with Gasteiger partial charge in [0.05, 0.1) is 34.1 Å². The number of phenolic OH excluding ortho intramolecular Hbond substituents is 2. The normalized spacial score (nSPS) is 11.9. The van der Waals surface area contributed by atoms with Gasteiger partial charge in [-0.2, -0.15) is 20.5 Å². The zero-order valence-corrected chi connectivity index (χ0v) is 34.3. The Balaban J connectivity index is 0.941. The Bertz CT molecular complexity index is 3160. The summed E-state index contributed by atoms with van der Waals surface area (Å²) in [7, 11) is 0. The lowest BCUT2D eigenvalue weighted by Gasteiger charge is -2.11. The van der Waals surface area contributed by atoms with E-state index >= 15 is 0 Å². The standard InChI is InChI=1S/C48H42N12O2/c1-26-5-16-43(40(50)19-26)57-54-36-9-6-30-20-28(3)45(47(61)38(30)24-36)59-53-34-13-11-33(12-14-34)52-42-18-15-35(22-27(42)2)56-60-46-29(4)21-31-7-10-37(25-39(31)48(46)62)55-58-44-17-8-32(49)23-41(44)51/h5-25,52,61-62H,49-51H2,1-4H3. The zero-order chi connectivity index (χ0) is 43.5. The molecular formula is C48H42N12O2. The molecule has 0 aliphatic rings. The molecule has 0 saturated heterocycles. The van der Waals surface area contributed by atoms with Crippen LogP contribution in [0.2, 0.25) is 0 Å². The molecule has 0 aliphatic carbocycles. The number of hydrogen-bond acceptors (Lipinski definition) is 14. The van der Waals surface area contributed by atoms with Crippen LogP contribution in [-0.2, 0) is 0 Å². The molecule has 0 bridgehead atoms. The highest BCUT2D eigenvalue weighted by Crippen LogP contribution is 2.42. The second kappa shape index (κ2) is 17.0. The van der Waals surface area contributed by atoms with Crippen molar-refractivity contribution in [1.82, 2.24) is 0 Å². The van der Waals surface area contributed by atoms with Crippen molar-refractivity contribution in [1.29, 1.82) is 0 Å². The fraction of sp³-hybridized carbons (Fsp3) is 0.0833. The van der Waals surface area contributed by atoms with Gasteiger partial charge in [-0.25, -0.2) is 0 Å². The number of aryl methyl sites for hydroxylation is 4. The highest BCUT2D eigenvalue weighted by Gasteiger charge is 2.13. The summed E-state index contributed by atoms with van der Waals surface area (Å²) >= 11 is 0. The van der Waals surface area contributed by atoms with Crippen LogP contribution in [0.1, 0.15) is 22.3 Å². The number of fused-ring (bicyclic) bond motifs is 2. The summed E-state index contributed by atoms with van der Waals surface area (Å²) < 4.78 is 0. The van der Waals surface area contributed by atoms with Crippen LogP contribution in [0.3, 0.4) is 0 Å². The highest BCUT2D eigenvalue weighted by molar-refractivity contribution is 5.96. The predicted molar refractivity (Wildman–Crippen MR) is 249 cm³/mol. The van der Waals surface area contributed by atoms with E-state index in [-0.39, 0.29) is 11.5 Å². The molecule has 0 aliphatic heterocycles. The van der Waals surface area contributed by atoms with Crippen molar-refractivity contribution in [2.75, 3.05) is 22.5 Å². The Morgan fingerprint density at radius 2 is 0.903 bits per heavy atom. The second-order valence-electron chi connectivity index (χ2n) is 14.9. The lowest BCUT2D eigenvalue weighted by atomic mass is 10.0. The maximum atomic E-state index is 11.3. The molecule has 8 aromatic rings. The van der Waals surface area contributed by atoms with Crippen LogP contribution in [0.4, 0.5) is 73.9 Å². The summed E-state index contributed by atoms with van der Waals surface area (Å²) in [5, 5.41) is 63.8. The monoisotopic (exact) mass is 818 g/mol. The average Bonchev–Trinajstić information content (AvgIpc) is 3.24. The van der Waals surface area contributed by atoms with Crippen molar-refractivity contribution in [3.05, 3.63) is 150 Å². The lowest BCUT2D eigenvalue weighted by molar-refractivity contribution is 0.482. The summed E-state index contributed by atoms with van der Waals surface area (Å²) in [6, 6.07) is 38.6. The van der Waals surface area contributed by atoms with Crippen LogP contribution in [-0.4, -0.2) is 10.2 Å². The van der Waals surface area contributed by atoms with Crippen LogP contribution in [0, 0.1) is 27.7 Å². The third kappa shape index (κ3) is 8.74. The molecular weight excluding hydrogens is 777 g/mol. The van der Waals surface area contributed by atoms with Gasteiger partial charge in [0.1, 0.15) is 22.7 Å². The van der Waals surface area contributed by atoms with Crippen molar-refractivity contribution < 1.29 is 10.2 Å². The number of hydrogen-bond donors (Lipinski definition) is 6. The van der Waals surface area contributed by atoms with Crippen molar-refractivity contribution in [2.45, 2.75) is 27.7 Å². The first kappa shape index (κ1) is 40.3. The molecule has 0 heterocycles. The van der Waals surface area contributed by atoms with E-state index in [1.54, 1.807) is 30.3 Å². The molecule has 14 heteroatoms. The second-order valence-corrected chi connectivity index (χ2v) is 14.9. The van der Waals surface area contributed by atoms with Gasteiger partial charge in [0.2, 0.25) is 0 Å². The Labute approximate surface area is 356 Å². The van der Waals surface area contributed by atoms with Gasteiger partial charge in [-0.3, -0.25) is 0 Å². The number of aromatic hydroxyl groups is 2. The number of nitrogens with one attached hydrogen (secondary N) is 1. The first-order valence-corrected chi connectivity index (χ1v) is 19.6. The number of benzene rings is 8. The van der Waals surface area contributed by atoms with E-state index in [9.17, 15) is 10.2 Å². The van der Waals surface area contributed by atoms with Crippen molar-refractivity contribution >= 4 is 95.5 Å². The van der Waals surface area contributed by atoms with Crippen molar-refractivity contribution in [3.8, 4) is 11.5 Å². The number of nitrogens with zero attached hydrogens (tertiary/aromatic N) is 8. The zero-order valence-electron chi connectivity index (χ0n) is 34.3. The van der Waals surface area contributed by atoms with Crippen LogP contribution >= 0.6 is 0 Å². The molecule has 0 atom stereocenters. The van der Waals surface area contributed by atoms with Gasteiger partial charge in [-0.05, 0) is 170 Å². The first-order valence-electron chi connectivity index (χ1n) is 19.6. The summed E-state index contributed by atoms with van der Waals surface area (Å²) in [6.45, 7) is 7.69. The lowest BCUT2D eigenvalue weighted by Crippen LogP contribution is -1.92. The largest absolute Gasteiger partial charge is 0.505 e. The van der Waals surface area contributed by atoms with Crippen molar-refractivity contribution in [2.24, 2.45) is 40.9 Å². The van der Waals surface area contributed by atoms with Gasteiger partial charge >= 0.3 is 0 Å². The summed E-state index contributed by atoms with van der Waals surface area (Å²) in [5.74, 6) is 0.000306. The molecule has 0 spiro atoms. The Morgan fingerprint density at radius 3 is 1.45 bits per heavy atom. The van der Waals surface area contributed by atoms with E-state index in [0.717, 1.165) is 44.4 Å². The third-order valence-corrected chi connectivity index (χ3v) is 10.2. The van der Waals surface area contributed by atoms with E-state index in [1.165, 1.54) is 0 Å². The minimum absolute atomic E-state index is 0.00616. The fourth-order valence-corrected chi connectivity index (χ4v) is 6.84. The molecule has 62 heavy (non-hydrogen) atoms. The van der Waals surface area contributed by atoms with E-state index in [1.807, 2.05) is 125 Å². The molecule has 306 valence electrons. The SMILES string of the molecule is Cc1ccc(N=Nc2ccc3cc(C)c(N=Nc4ccc(Nc5ccc(N=Nc6c(C)cc7ccc(N=Nc8ccc(N)cc8N)cc7c6O)cc5C)cc4)c(O)c3c2)c(N)c1. The van der Waals surface area contributed by atoms with Gasteiger partial charge in [0.15, 0.2) is 11.5 Å². The highest BCUT2D eigenvalue weighted by atomic mass is 16.3. The van der Waals surface area contributed by atoms with E-state index in [2.05, 4.69) is 46.2 Å². The molecule has 9 N–H and O–H groups in total. The number of azo groups is 4. The third-order valence-electron chi connectivity index (χ3n) is 10.2. The Kier molecular flexibility index (Phi) is 11.0. The molecule has 0 unspecified atom stereocenters. The number of nitrogen functional groups attached to an aromatic ring is 3. The molecule has 0 saturated carbocycles. The molecule has 8 aromatic carbocycles. The average molecular weight is 819 g/mol. The van der Waals surface area contributed by atoms with Gasteiger partial charge in [-0.1, -0.05) is 18.2 Å². The summed E-state index contributed by atoms with van der Waals surface area (Å²) in [6.07, 6.45) is 0. The molecule has 14 nitrogen and oxygen atoms in total. The number of rotatable bonds is 10. The molecule has 0 radical (unpaired) electrons. The van der Waals surface area contributed by atoms with Crippen LogP contribution in [0.15, 0.2) is 168 Å². The minimum Gasteiger partial charge on any atom is -0.505 e. The van der Waals surface area contributed by atoms with Gasteiger partial charge < -0.3 is 32.7 Å². The fourth-order valence-electron chi connectivity index (χ4n) is 6.84. The minimum atomic E-state index is -0.00616. The number of nitrogens with two attached hydrogens (primary N) is 3. The summed E-state index contributed by atoms with van der Waals surface area (Å²) in [5.41, 5.74) is 28.8. The predicted octanol–water partition coefficient (Wildman–Crippen LogP) is 14.8. The number of anilines is 5. The Hall–Kier alpha value is -8.52. The molecule has 0 fully saturated rings. The number of phenols is 2. The molecule has 0 amide bonds. The topological polar surface area (TPSA) is 229 Å². The van der Waals surface area contributed by atoms with Crippen LogP contribution < -0.4 is 22.5 Å². The quantitative estimate of drug-likeness (QED) is 0.0580. The maximum absolute atomic E-state index is 11.3. The van der Waals surface area contributed by atoms with Crippen LogP contribution in [0.25, 0.3) is 21.5 Å². The smallest absolute Gasteiger partial charge is 0.151 e. The molecule has 8 rings (SSSR count). The van der Waals surface area contributed by atoms with Gasteiger partial charge in [0, 0.05) is 27.8 Å². The van der Waals surface area contributed by atoms with E-state index < -0.39 is 0 Å². The van der Waals surface area contributed by atoms with E-state index in [4.69, 9.17) is 17.2 Å². The molecule has 0 aromatic heterocycles. The van der Waals surface area contributed by atoms with Gasteiger partial charge in [-0.15, -0.1) is 20.5 Å². The van der Waals surface area contributed by atoms with Crippen LogP contribution in [0.5, 0.6) is 11.5 Å². The van der Waals surface area contributed by atoms with Crippen molar-refractivity contribution in [3.63, 3.8) is 0 Å². The maximum Gasteiger partial charge on any atom is 0.151 e.